The Kier molecular flexibility index (Phi) is 8.76. The summed E-state index contributed by atoms with van der Waals surface area (Å²) in [5.74, 6) is 0.952. The maximum Gasteiger partial charge on any atom is 0.191 e. The molecular formula is C18H37N5. The van der Waals surface area contributed by atoms with Crippen molar-refractivity contribution >= 4 is 5.96 Å². The van der Waals surface area contributed by atoms with E-state index in [-0.39, 0.29) is 0 Å². The van der Waals surface area contributed by atoms with Gasteiger partial charge in [0, 0.05) is 32.7 Å². The van der Waals surface area contributed by atoms with Gasteiger partial charge in [0.25, 0.3) is 0 Å². The quantitative estimate of drug-likeness (QED) is 0.386. The number of rotatable bonds is 9. The van der Waals surface area contributed by atoms with Crippen LogP contribution in [0.3, 0.4) is 0 Å². The molecule has 1 heterocycles. The summed E-state index contributed by atoms with van der Waals surface area (Å²) in [4.78, 5) is 9.53. The second-order valence-electron chi connectivity index (χ2n) is 6.89. The standard InChI is InChI=1S/C18H37N5/c1-3-23(17-9-10-17)16-12-21-18(19-2)20-11-8-15-22-13-6-4-5-7-14-22/h17H,3-16H2,1-2H3,(H2,19,20,21). The van der Waals surface area contributed by atoms with Crippen LogP contribution in [0.1, 0.15) is 51.9 Å². The summed E-state index contributed by atoms with van der Waals surface area (Å²) in [5, 5.41) is 6.90. The molecule has 1 aliphatic carbocycles. The second-order valence-corrected chi connectivity index (χ2v) is 6.89. The van der Waals surface area contributed by atoms with Gasteiger partial charge in [0.15, 0.2) is 5.96 Å². The normalized spacial score (nSPS) is 20.6. The Balaban J connectivity index is 1.52. The Morgan fingerprint density at radius 3 is 2.39 bits per heavy atom. The molecule has 0 aromatic rings. The topological polar surface area (TPSA) is 42.9 Å². The van der Waals surface area contributed by atoms with Crippen LogP contribution in [-0.2, 0) is 0 Å². The van der Waals surface area contributed by atoms with Gasteiger partial charge in [-0.2, -0.15) is 0 Å². The summed E-state index contributed by atoms with van der Waals surface area (Å²) in [6.07, 6.45) is 9.57. The Bertz CT molecular complexity index is 332. The van der Waals surface area contributed by atoms with Crippen molar-refractivity contribution in [1.29, 1.82) is 0 Å². The van der Waals surface area contributed by atoms with Gasteiger partial charge in [-0.1, -0.05) is 19.8 Å². The minimum absolute atomic E-state index is 0.852. The first kappa shape index (κ1) is 18.5. The first-order valence-electron chi connectivity index (χ1n) is 9.74. The predicted molar refractivity (Wildman–Crippen MR) is 99.2 cm³/mol. The highest BCUT2D eigenvalue weighted by molar-refractivity contribution is 5.79. The first-order chi connectivity index (χ1) is 11.3. The van der Waals surface area contributed by atoms with Gasteiger partial charge in [0.1, 0.15) is 0 Å². The molecule has 0 bridgehead atoms. The predicted octanol–water partition coefficient (Wildman–Crippen LogP) is 1.90. The van der Waals surface area contributed by atoms with Crippen molar-refractivity contribution in [3.05, 3.63) is 0 Å². The van der Waals surface area contributed by atoms with E-state index in [1.54, 1.807) is 0 Å². The molecule has 5 nitrogen and oxygen atoms in total. The Labute approximate surface area is 142 Å². The minimum Gasteiger partial charge on any atom is -0.356 e. The van der Waals surface area contributed by atoms with Crippen LogP contribution in [0.5, 0.6) is 0 Å². The summed E-state index contributed by atoms with van der Waals surface area (Å²) < 4.78 is 0. The Morgan fingerprint density at radius 2 is 1.78 bits per heavy atom. The van der Waals surface area contributed by atoms with Crippen LogP contribution in [0.4, 0.5) is 0 Å². The van der Waals surface area contributed by atoms with Gasteiger partial charge in [-0.15, -0.1) is 0 Å². The van der Waals surface area contributed by atoms with E-state index in [0.29, 0.717) is 0 Å². The Hall–Kier alpha value is -0.810. The smallest absolute Gasteiger partial charge is 0.191 e. The molecule has 2 aliphatic rings. The fourth-order valence-corrected chi connectivity index (χ4v) is 3.45. The van der Waals surface area contributed by atoms with Gasteiger partial charge in [-0.25, -0.2) is 0 Å². The average molecular weight is 324 g/mol. The summed E-state index contributed by atoms with van der Waals surface area (Å²) in [6.45, 7) is 10.3. The van der Waals surface area contributed by atoms with E-state index in [1.807, 2.05) is 7.05 Å². The van der Waals surface area contributed by atoms with E-state index in [9.17, 15) is 0 Å². The number of likely N-dealkylation sites (N-methyl/N-ethyl adjacent to an activating group) is 1. The molecule has 0 radical (unpaired) electrons. The van der Waals surface area contributed by atoms with Crippen molar-refractivity contribution < 1.29 is 0 Å². The molecule has 0 atom stereocenters. The molecule has 1 aliphatic heterocycles. The largest absolute Gasteiger partial charge is 0.356 e. The van der Waals surface area contributed by atoms with Crippen LogP contribution < -0.4 is 10.6 Å². The molecule has 1 saturated heterocycles. The number of hydrogen-bond donors (Lipinski definition) is 2. The molecule has 1 saturated carbocycles. The monoisotopic (exact) mass is 323 g/mol. The lowest BCUT2D eigenvalue weighted by molar-refractivity contribution is 0.280. The van der Waals surface area contributed by atoms with Gasteiger partial charge >= 0.3 is 0 Å². The number of hydrogen-bond acceptors (Lipinski definition) is 3. The molecular weight excluding hydrogens is 286 g/mol. The number of aliphatic imine (C=N–C) groups is 1. The number of nitrogens with one attached hydrogen (secondary N) is 2. The fourth-order valence-electron chi connectivity index (χ4n) is 3.45. The molecule has 134 valence electrons. The second kappa shape index (κ2) is 10.9. The van der Waals surface area contributed by atoms with Crippen molar-refractivity contribution in [3.8, 4) is 0 Å². The highest BCUT2D eigenvalue weighted by Crippen LogP contribution is 2.25. The number of nitrogens with zero attached hydrogens (tertiary/aromatic N) is 3. The maximum absolute atomic E-state index is 4.33. The number of likely N-dealkylation sites (tertiary alicyclic amines) is 1. The lowest BCUT2D eigenvalue weighted by Gasteiger charge is -2.21. The molecule has 2 N–H and O–H groups in total. The lowest BCUT2D eigenvalue weighted by atomic mass is 10.2. The fraction of sp³-hybridized carbons (Fsp3) is 0.944. The lowest BCUT2D eigenvalue weighted by Crippen LogP contribution is -2.42. The zero-order valence-corrected chi connectivity index (χ0v) is 15.3. The van der Waals surface area contributed by atoms with Gasteiger partial charge < -0.3 is 15.5 Å². The van der Waals surface area contributed by atoms with Gasteiger partial charge in [-0.05, 0) is 58.3 Å². The highest BCUT2D eigenvalue weighted by Gasteiger charge is 2.27. The third kappa shape index (κ3) is 7.53. The van der Waals surface area contributed by atoms with E-state index in [0.717, 1.165) is 38.2 Å². The van der Waals surface area contributed by atoms with E-state index in [2.05, 4.69) is 32.3 Å². The maximum atomic E-state index is 4.33. The molecule has 0 unspecified atom stereocenters. The Morgan fingerprint density at radius 1 is 1.09 bits per heavy atom. The molecule has 2 fully saturated rings. The van der Waals surface area contributed by atoms with Gasteiger partial charge in [-0.3, -0.25) is 9.89 Å². The van der Waals surface area contributed by atoms with Crippen molar-refractivity contribution in [3.63, 3.8) is 0 Å². The summed E-state index contributed by atoms with van der Waals surface area (Å²) in [7, 11) is 1.86. The van der Waals surface area contributed by atoms with Crippen LogP contribution in [0.25, 0.3) is 0 Å². The SMILES string of the molecule is CCN(CCNC(=NC)NCCCN1CCCCCC1)C1CC1. The van der Waals surface area contributed by atoms with Crippen molar-refractivity contribution in [1.82, 2.24) is 20.4 Å². The van der Waals surface area contributed by atoms with E-state index >= 15 is 0 Å². The molecule has 2 rings (SSSR count). The third-order valence-electron chi connectivity index (χ3n) is 5.03. The minimum atomic E-state index is 0.852. The highest BCUT2D eigenvalue weighted by atomic mass is 15.2. The van der Waals surface area contributed by atoms with Crippen molar-refractivity contribution in [2.75, 3.05) is 52.9 Å². The zero-order chi connectivity index (χ0) is 16.3. The molecule has 23 heavy (non-hydrogen) atoms. The van der Waals surface area contributed by atoms with E-state index in [4.69, 9.17) is 0 Å². The van der Waals surface area contributed by atoms with Gasteiger partial charge in [0.05, 0.1) is 0 Å². The van der Waals surface area contributed by atoms with Crippen LogP contribution >= 0.6 is 0 Å². The van der Waals surface area contributed by atoms with Crippen LogP contribution in [0.15, 0.2) is 4.99 Å². The van der Waals surface area contributed by atoms with E-state index in [1.165, 1.54) is 64.6 Å². The number of guanidine groups is 1. The molecule has 0 aromatic heterocycles. The zero-order valence-electron chi connectivity index (χ0n) is 15.3. The van der Waals surface area contributed by atoms with Crippen LogP contribution in [-0.4, -0.2) is 74.7 Å². The van der Waals surface area contributed by atoms with Crippen molar-refractivity contribution in [2.45, 2.75) is 57.9 Å². The van der Waals surface area contributed by atoms with E-state index < -0.39 is 0 Å². The van der Waals surface area contributed by atoms with Crippen molar-refractivity contribution in [2.24, 2.45) is 4.99 Å². The molecule has 0 aromatic carbocycles. The van der Waals surface area contributed by atoms with Crippen LogP contribution in [0.2, 0.25) is 0 Å². The molecule has 5 heteroatoms. The molecule has 0 amide bonds. The first-order valence-corrected chi connectivity index (χ1v) is 9.74. The summed E-state index contributed by atoms with van der Waals surface area (Å²) >= 11 is 0. The van der Waals surface area contributed by atoms with Crippen LogP contribution in [0, 0.1) is 0 Å². The van der Waals surface area contributed by atoms with Gasteiger partial charge in [0.2, 0.25) is 0 Å². The summed E-state index contributed by atoms with van der Waals surface area (Å²) in [5.41, 5.74) is 0. The molecule has 0 spiro atoms. The average Bonchev–Trinajstić information content (AvgIpc) is 3.41. The third-order valence-corrected chi connectivity index (χ3v) is 5.03. The summed E-state index contributed by atoms with van der Waals surface area (Å²) in [6, 6.07) is 0.852.